The smallest absolute Gasteiger partial charge is 0.231 e. The van der Waals surface area contributed by atoms with Crippen molar-refractivity contribution in [1.29, 1.82) is 5.26 Å². The van der Waals surface area contributed by atoms with Gasteiger partial charge in [-0.05, 0) is 37.3 Å². The number of nitrogens with one attached hydrogen (secondary N) is 1. The van der Waals surface area contributed by atoms with Gasteiger partial charge in [-0.25, -0.2) is 9.97 Å². The molecule has 0 radical (unpaired) electrons. The molecule has 1 fully saturated rings. The van der Waals surface area contributed by atoms with Crippen LogP contribution in [0.3, 0.4) is 0 Å². The van der Waals surface area contributed by atoms with Crippen molar-refractivity contribution in [2.45, 2.75) is 36.2 Å². The average Bonchev–Trinajstić information content (AvgIpc) is 3.34. The Morgan fingerprint density at radius 3 is 2.78 bits per heavy atom. The summed E-state index contributed by atoms with van der Waals surface area (Å²) in [4.78, 5) is 23.2. The Morgan fingerprint density at radius 1 is 1.26 bits per heavy atom. The molecule has 1 aromatic carbocycles. The summed E-state index contributed by atoms with van der Waals surface area (Å²) < 4.78 is 0. The van der Waals surface area contributed by atoms with Crippen LogP contribution in [0.5, 0.6) is 0 Å². The van der Waals surface area contributed by atoms with E-state index in [1.54, 1.807) is 17.7 Å². The van der Waals surface area contributed by atoms with Crippen LogP contribution < -0.4 is 5.32 Å². The number of rotatable bonds is 5. The maximum Gasteiger partial charge on any atom is 0.231 e. The van der Waals surface area contributed by atoms with Gasteiger partial charge in [0.05, 0.1) is 11.8 Å². The summed E-state index contributed by atoms with van der Waals surface area (Å²) in [5, 5.41) is 14.1. The SMILES string of the molecule is N#CC1(NC(=O)CSc2ncnc3sc(-c4ccccc4)cc23)CCCC1. The summed E-state index contributed by atoms with van der Waals surface area (Å²) in [6.45, 7) is 0. The normalized spacial score (nSPS) is 15.5. The number of carbonyl (C=O) groups is 1. The van der Waals surface area contributed by atoms with Gasteiger partial charge < -0.3 is 5.32 Å². The number of hydrogen-bond acceptors (Lipinski definition) is 6. The molecule has 7 heteroatoms. The molecule has 27 heavy (non-hydrogen) atoms. The minimum atomic E-state index is -0.679. The van der Waals surface area contributed by atoms with Crippen molar-refractivity contribution in [3.05, 3.63) is 42.7 Å². The number of thiophene rings is 1. The molecule has 0 saturated heterocycles. The highest BCUT2D eigenvalue weighted by atomic mass is 32.2. The predicted molar refractivity (Wildman–Crippen MR) is 109 cm³/mol. The van der Waals surface area contributed by atoms with E-state index in [1.807, 2.05) is 18.2 Å². The van der Waals surface area contributed by atoms with Gasteiger partial charge in [0.15, 0.2) is 0 Å². The quantitative estimate of drug-likeness (QED) is 0.512. The van der Waals surface area contributed by atoms with Crippen LogP contribution in [-0.2, 0) is 4.79 Å². The largest absolute Gasteiger partial charge is 0.337 e. The second-order valence-corrected chi connectivity index (χ2v) is 8.61. The minimum absolute atomic E-state index is 0.117. The van der Waals surface area contributed by atoms with Crippen LogP contribution >= 0.6 is 23.1 Å². The first-order chi connectivity index (χ1) is 13.2. The Morgan fingerprint density at radius 2 is 2.04 bits per heavy atom. The van der Waals surface area contributed by atoms with Crippen LogP contribution in [0.1, 0.15) is 25.7 Å². The average molecular weight is 395 g/mol. The maximum absolute atomic E-state index is 12.4. The van der Waals surface area contributed by atoms with Crippen molar-refractivity contribution < 1.29 is 4.79 Å². The van der Waals surface area contributed by atoms with Crippen molar-refractivity contribution in [1.82, 2.24) is 15.3 Å². The van der Waals surface area contributed by atoms with Crippen molar-refractivity contribution in [3.8, 4) is 16.5 Å². The molecular formula is C20H18N4OS2. The van der Waals surface area contributed by atoms with Crippen LogP contribution in [0.25, 0.3) is 20.7 Å². The highest BCUT2D eigenvalue weighted by Gasteiger charge is 2.35. The van der Waals surface area contributed by atoms with E-state index < -0.39 is 5.54 Å². The van der Waals surface area contributed by atoms with Gasteiger partial charge in [-0.2, -0.15) is 5.26 Å². The third-order valence-electron chi connectivity index (χ3n) is 4.74. The maximum atomic E-state index is 12.4. The van der Waals surface area contributed by atoms with Crippen molar-refractivity contribution in [2.24, 2.45) is 0 Å². The first-order valence-corrected chi connectivity index (χ1v) is 10.6. The van der Waals surface area contributed by atoms with Crippen LogP contribution in [0.15, 0.2) is 47.8 Å². The van der Waals surface area contributed by atoms with E-state index in [2.05, 4.69) is 39.6 Å². The van der Waals surface area contributed by atoms with E-state index in [1.165, 1.54) is 11.8 Å². The fourth-order valence-corrected chi connectivity index (χ4v) is 5.22. The molecule has 1 amide bonds. The third-order valence-corrected chi connectivity index (χ3v) is 6.84. The van der Waals surface area contributed by atoms with Gasteiger partial charge in [-0.1, -0.05) is 42.1 Å². The van der Waals surface area contributed by atoms with E-state index in [4.69, 9.17) is 0 Å². The molecule has 0 bridgehead atoms. The number of carbonyl (C=O) groups excluding carboxylic acids is 1. The van der Waals surface area contributed by atoms with Gasteiger partial charge in [0, 0.05) is 10.3 Å². The number of fused-ring (bicyclic) bond motifs is 1. The fourth-order valence-electron chi connectivity index (χ4n) is 3.37. The zero-order chi connectivity index (χ0) is 18.7. The first-order valence-electron chi connectivity index (χ1n) is 8.84. The van der Waals surface area contributed by atoms with E-state index in [-0.39, 0.29) is 11.7 Å². The van der Waals surface area contributed by atoms with Crippen molar-refractivity contribution in [3.63, 3.8) is 0 Å². The van der Waals surface area contributed by atoms with Crippen LogP contribution in [0, 0.1) is 11.3 Å². The third kappa shape index (κ3) is 3.82. The van der Waals surface area contributed by atoms with Crippen molar-refractivity contribution in [2.75, 3.05) is 5.75 Å². The zero-order valence-corrected chi connectivity index (χ0v) is 16.3. The summed E-state index contributed by atoms with van der Waals surface area (Å²) >= 11 is 3.01. The lowest BCUT2D eigenvalue weighted by atomic mass is 10.0. The molecule has 0 unspecified atom stereocenters. The molecule has 1 aliphatic rings. The number of amides is 1. The minimum Gasteiger partial charge on any atom is -0.337 e. The summed E-state index contributed by atoms with van der Waals surface area (Å²) in [7, 11) is 0. The Hall–Kier alpha value is -2.43. The summed E-state index contributed by atoms with van der Waals surface area (Å²) in [5.74, 6) is 0.125. The van der Waals surface area contributed by atoms with Gasteiger partial charge in [0.2, 0.25) is 5.91 Å². The Labute approximate surface area is 165 Å². The predicted octanol–water partition coefficient (Wildman–Crippen LogP) is 4.40. The number of hydrogen-bond donors (Lipinski definition) is 1. The number of benzene rings is 1. The first kappa shape index (κ1) is 18.0. The Kier molecular flexibility index (Phi) is 5.10. The highest BCUT2D eigenvalue weighted by Crippen LogP contribution is 2.36. The standard InChI is InChI=1S/C20H18N4OS2/c21-12-20(8-4-5-9-20)24-17(25)11-26-18-15-10-16(14-6-2-1-3-7-14)27-19(15)23-13-22-18/h1-3,6-7,10,13H,4-5,8-9,11H2,(H,24,25). The molecule has 0 aliphatic heterocycles. The van der Waals surface area contributed by atoms with Gasteiger partial charge >= 0.3 is 0 Å². The van der Waals surface area contributed by atoms with E-state index in [0.717, 1.165) is 51.4 Å². The van der Waals surface area contributed by atoms with Crippen LogP contribution in [-0.4, -0.2) is 27.2 Å². The number of thioether (sulfide) groups is 1. The van der Waals surface area contributed by atoms with E-state index >= 15 is 0 Å². The molecule has 3 aromatic rings. The lowest BCUT2D eigenvalue weighted by molar-refractivity contribution is -0.119. The molecule has 4 rings (SSSR count). The molecule has 1 saturated carbocycles. The molecule has 2 heterocycles. The molecule has 5 nitrogen and oxygen atoms in total. The number of nitrogens with zero attached hydrogens (tertiary/aromatic N) is 3. The highest BCUT2D eigenvalue weighted by molar-refractivity contribution is 8.00. The summed E-state index contributed by atoms with van der Waals surface area (Å²) in [5.41, 5.74) is 0.466. The lowest BCUT2D eigenvalue weighted by Gasteiger charge is -2.21. The second-order valence-electron chi connectivity index (χ2n) is 6.61. The summed E-state index contributed by atoms with van der Waals surface area (Å²) in [6.07, 6.45) is 5.00. The summed E-state index contributed by atoms with van der Waals surface area (Å²) in [6, 6.07) is 14.5. The van der Waals surface area contributed by atoms with Crippen molar-refractivity contribution >= 4 is 39.2 Å². The number of nitriles is 1. The lowest BCUT2D eigenvalue weighted by Crippen LogP contribution is -2.45. The topological polar surface area (TPSA) is 78.7 Å². The van der Waals surface area contributed by atoms with E-state index in [0.29, 0.717) is 0 Å². The van der Waals surface area contributed by atoms with E-state index in [9.17, 15) is 10.1 Å². The monoisotopic (exact) mass is 394 g/mol. The number of aromatic nitrogens is 2. The zero-order valence-electron chi connectivity index (χ0n) is 14.6. The van der Waals surface area contributed by atoms with Crippen LogP contribution in [0.2, 0.25) is 0 Å². The van der Waals surface area contributed by atoms with Gasteiger partial charge in [-0.15, -0.1) is 11.3 Å². The molecule has 2 aromatic heterocycles. The van der Waals surface area contributed by atoms with Gasteiger partial charge in [0.25, 0.3) is 0 Å². The Bertz CT molecular complexity index is 1000. The second kappa shape index (κ2) is 7.67. The molecule has 0 atom stereocenters. The molecule has 1 aliphatic carbocycles. The molecule has 136 valence electrons. The Balaban J connectivity index is 1.50. The molecule has 0 spiro atoms. The molecule has 1 N–H and O–H groups in total. The van der Waals surface area contributed by atoms with Gasteiger partial charge in [-0.3, -0.25) is 4.79 Å². The molecular weight excluding hydrogens is 376 g/mol. The fraction of sp³-hybridized carbons (Fsp3) is 0.300. The van der Waals surface area contributed by atoms with Gasteiger partial charge in [0.1, 0.15) is 21.7 Å². The van der Waals surface area contributed by atoms with Crippen LogP contribution in [0.4, 0.5) is 0 Å².